The molecule has 0 N–H and O–H groups in total. The Morgan fingerprint density at radius 2 is 2.07 bits per heavy atom. The summed E-state index contributed by atoms with van der Waals surface area (Å²) in [6, 6.07) is 7.82. The minimum absolute atomic E-state index is 0.163. The predicted molar refractivity (Wildman–Crippen MR) is 98.3 cm³/mol. The van der Waals surface area contributed by atoms with Gasteiger partial charge in [-0.2, -0.15) is 0 Å². The Balaban J connectivity index is 1.68. The van der Waals surface area contributed by atoms with Gasteiger partial charge in [0.25, 0.3) is 0 Å². The number of allylic oxidation sites excluding steroid dienone is 1. The number of ketones is 1. The van der Waals surface area contributed by atoms with Gasteiger partial charge in [-0.1, -0.05) is 12.1 Å². The highest BCUT2D eigenvalue weighted by atomic mass is 19.1. The maximum Gasteiger partial charge on any atom is 0.232 e. The van der Waals surface area contributed by atoms with E-state index in [4.69, 9.17) is 14.2 Å². The van der Waals surface area contributed by atoms with Crippen molar-refractivity contribution in [1.29, 1.82) is 0 Å². The summed E-state index contributed by atoms with van der Waals surface area (Å²) in [4.78, 5) is 15.0. The largest absolute Gasteiger partial charge is 0.478 e. The van der Waals surface area contributed by atoms with E-state index >= 15 is 0 Å². The van der Waals surface area contributed by atoms with Crippen molar-refractivity contribution in [3.63, 3.8) is 0 Å². The zero-order chi connectivity index (χ0) is 19.0. The van der Waals surface area contributed by atoms with Crippen molar-refractivity contribution >= 4 is 11.9 Å². The van der Waals surface area contributed by atoms with Gasteiger partial charge in [-0.15, -0.1) is 0 Å². The lowest BCUT2D eigenvalue weighted by Gasteiger charge is -2.29. The molecule has 5 nitrogen and oxygen atoms in total. The maximum atomic E-state index is 13.1. The van der Waals surface area contributed by atoms with Crippen LogP contribution in [0.1, 0.15) is 27.0 Å². The van der Waals surface area contributed by atoms with Crippen molar-refractivity contribution < 1.29 is 23.4 Å². The van der Waals surface area contributed by atoms with Crippen molar-refractivity contribution in [2.24, 2.45) is 0 Å². The fourth-order valence-corrected chi connectivity index (χ4v) is 3.35. The van der Waals surface area contributed by atoms with Gasteiger partial charge in [0.15, 0.2) is 5.76 Å². The van der Waals surface area contributed by atoms with Gasteiger partial charge in [0.1, 0.15) is 24.0 Å². The Hall–Kier alpha value is -2.70. The summed E-state index contributed by atoms with van der Waals surface area (Å²) in [5, 5.41) is 0. The molecule has 2 heterocycles. The van der Waals surface area contributed by atoms with E-state index in [1.807, 2.05) is 13.0 Å². The first kappa shape index (κ1) is 17.7. The summed E-state index contributed by atoms with van der Waals surface area (Å²) in [5.74, 6) is 1.06. The number of ether oxygens (including phenoxy) is 3. The number of fused-ring (bicyclic) bond motifs is 3. The molecule has 140 valence electrons. The molecule has 4 rings (SSSR count). The van der Waals surface area contributed by atoms with Crippen LogP contribution in [-0.2, 0) is 11.3 Å². The molecule has 0 saturated heterocycles. The molecule has 0 atom stereocenters. The smallest absolute Gasteiger partial charge is 0.232 e. The molecule has 0 radical (unpaired) electrons. The Kier molecular flexibility index (Phi) is 4.68. The molecule has 0 spiro atoms. The number of Topliss-reactive ketones (excluding diaryl/α,β-unsaturated/α-hetero) is 1. The number of methoxy groups -OCH3 is 1. The van der Waals surface area contributed by atoms with E-state index in [1.165, 1.54) is 12.1 Å². The lowest BCUT2D eigenvalue weighted by atomic mass is 9.98. The predicted octanol–water partition coefficient (Wildman–Crippen LogP) is 3.55. The van der Waals surface area contributed by atoms with Gasteiger partial charge in [0.2, 0.25) is 5.78 Å². The van der Waals surface area contributed by atoms with E-state index in [-0.39, 0.29) is 17.4 Å². The van der Waals surface area contributed by atoms with Crippen LogP contribution in [-0.4, -0.2) is 37.7 Å². The third-order valence-electron chi connectivity index (χ3n) is 4.77. The Morgan fingerprint density at radius 1 is 1.30 bits per heavy atom. The number of carbonyl (C=O) groups is 1. The van der Waals surface area contributed by atoms with Gasteiger partial charge in [0.05, 0.1) is 17.7 Å². The van der Waals surface area contributed by atoms with E-state index in [9.17, 15) is 9.18 Å². The summed E-state index contributed by atoms with van der Waals surface area (Å²) in [7, 11) is 1.66. The van der Waals surface area contributed by atoms with Crippen LogP contribution in [0.5, 0.6) is 11.5 Å². The highest BCUT2D eigenvalue weighted by molar-refractivity contribution is 6.15. The summed E-state index contributed by atoms with van der Waals surface area (Å²) >= 11 is 0. The standard InChI is InChI=1S/C21H20FNO4/c1-13-9-17-16(11-23(12-26-17)7-8-25-2)21-19(13)20(24)18(27-21)10-14-3-5-15(22)6-4-14/h3-6,9-10H,7-8,11-12H2,1-2H3/b18-10-. The van der Waals surface area contributed by atoms with Crippen LogP contribution in [0.2, 0.25) is 0 Å². The maximum absolute atomic E-state index is 13.1. The first-order chi connectivity index (χ1) is 13.1. The van der Waals surface area contributed by atoms with Crippen LogP contribution in [0, 0.1) is 12.7 Å². The van der Waals surface area contributed by atoms with Crippen molar-refractivity contribution in [1.82, 2.24) is 4.90 Å². The zero-order valence-electron chi connectivity index (χ0n) is 15.3. The Bertz CT molecular complexity index is 921. The molecule has 0 bridgehead atoms. The van der Waals surface area contributed by atoms with Gasteiger partial charge >= 0.3 is 0 Å². The average molecular weight is 369 g/mol. The molecule has 0 aliphatic carbocycles. The normalized spacial score (nSPS) is 17.4. The summed E-state index contributed by atoms with van der Waals surface area (Å²) in [5.41, 5.74) is 2.96. The second kappa shape index (κ2) is 7.13. The molecular weight excluding hydrogens is 349 g/mol. The topological polar surface area (TPSA) is 48.0 Å². The number of nitrogens with zero attached hydrogens (tertiary/aromatic N) is 1. The van der Waals surface area contributed by atoms with Crippen LogP contribution in [0.15, 0.2) is 36.1 Å². The van der Waals surface area contributed by atoms with Crippen molar-refractivity contribution in [2.75, 3.05) is 27.0 Å². The first-order valence-electron chi connectivity index (χ1n) is 8.77. The van der Waals surface area contributed by atoms with E-state index < -0.39 is 0 Å². The summed E-state index contributed by atoms with van der Waals surface area (Å²) < 4.78 is 30.1. The van der Waals surface area contributed by atoms with Gasteiger partial charge in [-0.3, -0.25) is 9.69 Å². The zero-order valence-corrected chi connectivity index (χ0v) is 15.3. The second-order valence-electron chi connectivity index (χ2n) is 6.68. The Morgan fingerprint density at radius 3 is 2.81 bits per heavy atom. The number of aryl methyl sites for hydroxylation is 1. The van der Waals surface area contributed by atoms with Gasteiger partial charge < -0.3 is 14.2 Å². The van der Waals surface area contributed by atoms with Gasteiger partial charge in [0, 0.05) is 20.2 Å². The lowest BCUT2D eigenvalue weighted by Crippen LogP contribution is -2.34. The number of benzene rings is 2. The fourth-order valence-electron chi connectivity index (χ4n) is 3.35. The van der Waals surface area contributed by atoms with Crippen LogP contribution >= 0.6 is 0 Å². The third-order valence-corrected chi connectivity index (χ3v) is 4.77. The molecule has 2 aromatic rings. The van der Waals surface area contributed by atoms with Gasteiger partial charge in [-0.25, -0.2) is 4.39 Å². The lowest BCUT2D eigenvalue weighted by molar-refractivity contribution is 0.0646. The van der Waals surface area contributed by atoms with Crippen LogP contribution < -0.4 is 9.47 Å². The SMILES string of the molecule is COCCN1COc2cc(C)c3c(c2C1)O/C(=C\c1ccc(F)cc1)C3=O. The quantitative estimate of drug-likeness (QED) is 0.772. The molecular formula is C21H20FNO4. The number of carbonyl (C=O) groups excluding carboxylic acids is 1. The molecule has 2 aliphatic heterocycles. The summed E-state index contributed by atoms with van der Waals surface area (Å²) in [6.45, 7) is 4.30. The minimum Gasteiger partial charge on any atom is -0.478 e. The van der Waals surface area contributed by atoms with Crippen LogP contribution in [0.3, 0.4) is 0 Å². The number of hydrogen-bond acceptors (Lipinski definition) is 5. The molecule has 6 heteroatoms. The van der Waals surface area contributed by atoms with Gasteiger partial charge in [-0.05, 0) is 42.3 Å². The van der Waals surface area contributed by atoms with E-state index in [0.29, 0.717) is 36.8 Å². The molecule has 0 saturated carbocycles. The highest BCUT2D eigenvalue weighted by Gasteiger charge is 2.35. The third kappa shape index (κ3) is 3.34. The minimum atomic E-state index is -0.322. The number of hydrogen-bond donors (Lipinski definition) is 0. The second-order valence-corrected chi connectivity index (χ2v) is 6.68. The average Bonchev–Trinajstić information content (AvgIpc) is 2.99. The molecule has 0 aromatic heterocycles. The molecule has 2 aliphatic rings. The van der Waals surface area contributed by atoms with Crippen LogP contribution in [0.4, 0.5) is 4.39 Å². The fraction of sp³-hybridized carbons (Fsp3) is 0.286. The van der Waals surface area contributed by atoms with E-state index in [1.54, 1.807) is 25.3 Å². The van der Waals surface area contributed by atoms with Crippen molar-refractivity contribution in [3.05, 3.63) is 64.2 Å². The van der Waals surface area contributed by atoms with Crippen molar-refractivity contribution in [2.45, 2.75) is 13.5 Å². The summed E-state index contributed by atoms with van der Waals surface area (Å²) in [6.07, 6.45) is 1.64. The molecule has 0 unspecified atom stereocenters. The first-order valence-corrected chi connectivity index (χ1v) is 8.77. The van der Waals surface area contributed by atoms with Crippen LogP contribution in [0.25, 0.3) is 6.08 Å². The van der Waals surface area contributed by atoms with Crippen molar-refractivity contribution in [3.8, 4) is 11.5 Å². The highest BCUT2D eigenvalue weighted by Crippen LogP contribution is 2.43. The number of rotatable bonds is 4. The van der Waals surface area contributed by atoms with E-state index in [0.717, 1.165) is 23.4 Å². The molecule has 0 amide bonds. The van der Waals surface area contributed by atoms with E-state index in [2.05, 4.69) is 4.90 Å². The molecule has 27 heavy (non-hydrogen) atoms. The Labute approximate surface area is 156 Å². The molecule has 2 aromatic carbocycles. The molecule has 0 fully saturated rings. The number of halogens is 1. The monoisotopic (exact) mass is 369 g/mol.